The Balaban J connectivity index is 1.43. The summed E-state index contributed by atoms with van der Waals surface area (Å²) in [7, 11) is -0.448. The first-order valence-corrected chi connectivity index (χ1v) is 15.4. The molecule has 43 heavy (non-hydrogen) atoms. The molecule has 0 saturated carbocycles. The monoisotopic (exact) mass is 558 g/mol. The molecule has 0 unspecified atom stereocenters. The fraction of sp³-hybridized carbons (Fsp3) is 0.200. The minimum atomic E-state index is -0.448. The zero-order valence-corrected chi connectivity index (χ0v) is 25.3. The summed E-state index contributed by atoms with van der Waals surface area (Å²) in [4.78, 5) is 0. The van der Waals surface area contributed by atoms with Crippen LogP contribution in [0.25, 0.3) is 66.7 Å². The van der Waals surface area contributed by atoms with Crippen molar-refractivity contribution >= 4 is 57.1 Å². The van der Waals surface area contributed by atoms with Crippen LogP contribution in [0.3, 0.4) is 0 Å². The standard InChI is InChI=1S/C40H35BO2/c1-39(2)40(3,4)43-41(42-39)38-35-21-11-9-19-32(35)37(33-20-10-12-22-36(33)38)34-25-24-31(29-17-7-8-18-30(29)34)28-23-13-15-26-14-5-6-16-27(26)28/h5-6,9-25H,7-8H2,1-4H3. The van der Waals surface area contributed by atoms with Gasteiger partial charge in [-0.05, 0) is 111 Å². The molecule has 1 aliphatic carbocycles. The van der Waals surface area contributed by atoms with Crippen LogP contribution in [0.15, 0.2) is 103 Å². The lowest BCUT2D eigenvalue weighted by atomic mass is 9.71. The van der Waals surface area contributed by atoms with E-state index in [0.29, 0.717) is 0 Å². The highest BCUT2D eigenvalue weighted by atomic mass is 16.7. The lowest BCUT2D eigenvalue weighted by Gasteiger charge is -2.32. The third-order valence-corrected chi connectivity index (χ3v) is 9.96. The maximum Gasteiger partial charge on any atom is 0.496 e. The zero-order chi connectivity index (χ0) is 29.3. The van der Waals surface area contributed by atoms with Gasteiger partial charge in [-0.1, -0.05) is 115 Å². The van der Waals surface area contributed by atoms with Gasteiger partial charge in [-0.2, -0.15) is 0 Å². The molecule has 0 atom stereocenters. The lowest BCUT2D eigenvalue weighted by Crippen LogP contribution is -2.41. The average molecular weight is 559 g/mol. The van der Waals surface area contributed by atoms with Crippen LogP contribution in [0, 0.1) is 0 Å². The van der Waals surface area contributed by atoms with Crippen molar-refractivity contribution in [1.82, 2.24) is 0 Å². The first-order chi connectivity index (χ1) is 20.8. The molecule has 3 heteroatoms. The maximum absolute atomic E-state index is 6.67. The van der Waals surface area contributed by atoms with E-state index >= 15 is 0 Å². The highest BCUT2D eigenvalue weighted by Gasteiger charge is 2.52. The van der Waals surface area contributed by atoms with Crippen molar-refractivity contribution < 1.29 is 9.31 Å². The molecular formula is C40H35BO2. The largest absolute Gasteiger partial charge is 0.496 e. The van der Waals surface area contributed by atoms with Gasteiger partial charge in [0.25, 0.3) is 0 Å². The van der Waals surface area contributed by atoms with Crippen LogP contribution in [-0.2, 0) is 9.31 Å². The van der Waals surface area contributed by atoms with Gasteiger partial charge in [0.05, 0.1) is 11.2 Å². The van der Waals surface area contributed by atoms with Gasteiger partial charge in [0.15, 0.2) is 0 Å². The summed E-state index contributed by atoms with van der Waals surface area (Å²) in [5, 5.41) is 10.0. The second-order valence-corrected chi connectivity index (χ2v) is 13.0. The summed E-state index contributed by atoms with van der Waals surface area (Å²) in [5.41, 5.74) is 5.43. The third-order valence-electron chi connectivity index (χ3n) is 9.96. The van der Waals surface area contributed by atoms with Crippen LogP contribution in [0.4, 0.5) is 0 Å². The molecule has 1 aliphatic heterocycles. The fourth-order valence-corrected chi connectivity index (χ4v) is 7.11. The molecule has 1 saturated heterocycles. The number of rotatable bonds is 3. The number of benzene rings is 6. The molecule has 0 amide bonds. The van der Waals surface area contributed by atoms with Crippen molar-refractivity contribution in [2.24, 2.45) is 0 Å². The van der Waals surface area contributed by atoms with Crippen molar-refractivity contribution in [3.05, 3.63) is 114 Å². The van der Waals surface area contributed by atoms with Gasteiger partial charge < -0.3 is 9.31 Å². The Labute approximate surface area is 253 Å². The van der Waals surface area contributed by atoms with Crippen LogP contribution in [0.2, 0.25) is 0 Å². The highest BCUT2D eigenvalue weighted by Crippen LogP contribution is 2.40. The number of hydrogen-bond acceptors (Lipinski definition) is 2. The first-order valence-electron chi connectivity index (χ1n) is 15.4. The molecule has 210 valence electrons. The van der Waals surface area contributed by atoms with E-state index in [4.69, 9.17) is 9.31 Å². The third kappa shape index (κ3) is 4.02. The molecule has 2 nitrogen and oxygen atoms in total. The van der Waals surface area contributed by atoms with E-state index in [2.05, 4.69) is 143 Å². The Bertz CT molecular complexity index is 2130. The number of hydrogen-bond donors (Lipinski definition) is 0. The Morgan fingerprint density at radius 3 is 1.60 bits per heavy atom. The molecule has 1 fully saturated rings. The van der Waals surface area contributed by atoms with Gasteiger partial charge >= 0.3 is 7.12 Å². The maximum atomic E-state index is 6.67. The molecule has 0 N–H and O–H groups in total. The minimum absolute atomic E-state index is 0.417. The van der Waals surface area contributed by atoms with Crippen molar-refractivity contribution in [1.29, 1.82) is 0 Å². The Morgan fingerprint density at radius 2 is 0.977 bits per heavy atom. The van der Waals surface area contributed by atoms with Crippen LogP contribution < -0.4 is 15.9 Å². The van der Waals surface area contributed by atoms with Gasteiger partial charge in [0, 0.05) is 0 Å². The van der Waals surface area contributed by atoms with Gasteiger partial charge in [0.1, 0.15) is 0 Å². The smallest absolute Gasteiger partial charge is 0.399 e. The summed E-state index contributed by atoms with van der Waals surface area (Å²) < 4.78 is 13.3. The van der Waals surface area contributed by atoms with E-state index in [1.165, 1.54) is 65.0 Å². The van der Waals surface area contributed by atoms with Crippen LogP contribution in [0.1, 0.15) is 40.5 Å². The molecule has 1 heterocycles. The molecule has 8 rings (SSSR count). The summed E-state index contributed by atoms with van der Waals surface area (Å²) in [6.07, 6.45) is 6.99. The minimum Gasteiger partial charge on any atom is -0.399 e. The fourth-order valence-electron chi connectivity index (χ4n) is 7.11. The second kappa shape index (κ2) is 9.67. The molecular weight excluding hydrogens is 523 g/mol. The van der Waals surface area contributed by atoms with E-state index in [1.54, 1.807) is 0 Å². The molecule has 6 aromatic carbocycles. The van der Waals surface area contributed by atoms with Crippen LogP contribution in [0.5, 0.6) is 0 Å². The van der Waals surface area contributed by atoms with E-state index in [0.717, 1.165) is 18.3 Å². The number of fused-ring (bicyclic) bond motifs is 4. The van der Waals surface area contributed by atoms with E-state index in [-0.39, 0.29) is 0 Å². The molecule has 0 bridgehead atoms. The van der Waals surface area contributed by atoms with Crippen LogP contribution >= 0.6 is 0 Å². The molecule has 2 aliphatic rings. The topological polar surface area (TPSA) is 18.5 Å². The Morgan fingerprint density at radius 1 is 0.488 bits per heavy atom. The SMILES string of the molecule is CC1(C)OB(c2c3ccccc3c(-c3ccc(-c4cccc5ccccc45)c4c3=CCCC=4)c3ccccc23)OC1(C)C. The Hall–Kier alpha value is -4.18. The quantitative estimate of drug-likeness (QED) is 0.161. The van der Waals surface area contributed by atoms with Crippen molar-refractivity contribution in [3.8, 4) is 22.3 Å². The van der Waals surface area contributed by atoms with Gasteiger partial charge in [0.2, 0.25) is 0 Å². The van der Waals surface area contributed by atoms with Crippen molar-refractivity contribution in [2.75, 3.05) is 0 Å². The summed E-state index contributed by atoms with van der Waals surface area (Å²) in [6, 6.07) is 37.6. The van der Waals surface area contributed by atoms with Gasteiger partial charge in [-0.15, -0.1) is 0 Å². The molecule has 6 aromatic rings. The normalized spacial score (nSPS) is 17.2. The van der Waals surface area contributed by atoms with E-state index in [1.807, 2.05) is 0 Å². The van der Waals surface area contributed by atoms with Crippen molar-refractivity contribution in [2.45, 2.75) is 51.7 Å². The highest BCUT2D eigenvalue weighted by molar-refractivity contribution is 6.69. The van der Waals surface area contributed by atoms with E-state index < -0.39 is 18.3 Å². The molecule has 0 radical (unpaired) electrons. The average Bonchev–Trinajstić information content (AvgIpc) is 3.24. The van der Waals surface area contributed by atoms with Gasteiger partial charge in [-0.25, -0.2) is 0 Å². The zero-order valence-electron chi connectivity index (χ0n) is 25.3. The predicted molar refractivity (Wildman–Crippen MR) is 183 cm³/mol. The van der Waals surface area contributed by atoms with Crippen LogP contribution in [-0.4, -0.2) is 18.3 Å². The summed E-state index contributed by atoms with van der Waals surface area (Å²) >= 11 is 0. The molecule has 0 spiro atoms. The summed E-state index contributed by atoms with van der Waals surface area (Å²) in [5.74, 6) is 0. The first kappa shape index (κ1) is 26.5. The summed E-state index contributed by atoms with van der Waals surface area (Å²) in [6.45, 7) is 8.51. The van der Waals surface area contributed by atoms with Gasteiger partial charge in [-0.3, -0.25) is 0 Å². The lowest BCUT2D eigenvalue weighted by molar-refractivity contribution is 0.00578. The predicted octanol–water partition coefficient (Wildman–Crippen LogP) is 8.13. The van der Waals surface area contributed by atoms with Crippen molar-refractivity contribution in [3.63, 3.8) is 0 Å². The second-order valence-electron chi connectivity index (χ2n) is 13.0. The molecule has 0 aromatic heterocycles. The van der Waals surface area contributed by atoms with E-state index in [9.17, 15) is 0 Å². The Kier molecular flexibility index (Phi) is 5.95.